The first-order chi connectivity index (χ1) is 10.7. The van der Waals surface area contributed by atoms with E-state index in [1.807, 2.05) is 30.0 Å². The van der Waals surface area contributed by atoms with Gasteiger partial charge in [0.15, 0.2) is 0 Å². The van der Waals surface area contributed by atoms with E-state index in [1.54, 1.807) is 0 Å². The molecule has 1 aliphatic heterocycles. The third-order valence-corrected chi connectivity index (χ3v) is 4.94. The summed E-state index contributed by atoms with van der Waals surface area (Å²) in [4.78, 5) is 12.1. The van der Waals surface area contributed by atoms with E-state index in [2.05, 4.69) is 30.5 Å². The van der Waals surface area contributed by atoms with E-state index in [0.29, 0.717) is 5.92 Å². The number of anilines is 1. The van der Waals surface area contributed by atoms with Crippen molar-refractivity contribution in [3.05, 3.63) is 29.8 Å². The second-order valence-electron chi connectivity index (χ2n) is 5.67. The van der Waals surface area contributed by atoms with Crippen molar-refractivity contribution < 1.29 is 9.53 Å². The van der Waals surface area contributed by atoms with Crippen LogP contribution < -0.4 is 10.6 Å². The number of rotatable bonds is 6. The number of ether oxygens (including phenoxy) is 1. The molecule has 0 bridgehead atoms. The van der Waals surface area contributed by atoms with Crippen LogP contribution in [0.1, 0.15) is 32.3 Å². The van der Waals surface area contributed by atoms with Gasteiger partial charge in [0.1, 0.15) is 0 Å². The molecule has 1 fully saturated rings. The van der Waals surface area contributed by atoms with E-state index in [4.69, 9.17) is 4.74 Å². The zero-order valence-electron chi connectivity index (χ0n) is 13.4. The Kier molecular flexibility index (Phi) is 7.06. The fourth-order valence-corrected chi connectivity index (χ4v) is 3.29. The Hall–Kier alpha value is -1.20. The summed E-state index contributed by atoms with van der Waals surface area (Å²) in [6.07, 6.45) is 2.04. The molecule has 5 heteroatoms. The lowest BCUT2D eigenvalue weighted by Gasteiger charge is -2.28. The van der Waals surface area contributed by atoms with Crippen molar-refractivity contribution in [2.45, 2.75) is 38.5 Å². The number of urea groups is 1. The van der Waals surface area contributed by atoms with Crippen molar-refractivity contribution in [2.24, 2.45) is 5.92 Å². The Morgan fingerprint density at radius 2 is 2.18 bits per heavy atom. The SMILES string of the molecule is CCSCc1cccc(NC(=O)N[C@@H](C)C2CCOCC2)c1. The first kappa shape index (κ1) is 17.2. The van der Waals surface area contributed by atoms with Crippen LogP contribution in [0.5, 0.6) is 0 Å². The van der Waals surface area contributed by atoms with Crippen LogP contribution >= 0.6 is 11.8 Å². The molecule has 0 aromatic heterocycles. The Labute approximate surface area is 137 Å². The molecule has 22 heavy (non-hydrogen) atoms. The molecule has 0 radical (unpaired) electrons. The lowest BCUT2D eigenvalue weighted by molar-refractivity contribution is 0.0573. The molecule has 0 unspecified atom stereocenters. The average molecular weight is 322 g/mol. The fourth-order valence-electron chi connectivity index (χ4n) is 2.67. The molecule has 1 aromatic rings. The van der Waals surface area contributed by atoms with E-state index in [9.17, 15) is 4.79 Å². The maximum Gasteiger partial charge on any atom is 0.319 e. The van der Waals surface area contributed by atoms with E-state index in [1.165, 1.54) is 5.56 Å². The molecule has 1 aromatic carbocycles. The summed E-state index contributed by atoms with van der Waals surface area (Å²) in [5.74, 6) is 2.58. The largest absolute Gasteiger partial charge is 0.381 e. The first-order valence-corrected chi connectivity index (χ1v) is 9.16. The van der Waals surface area contributed by atoms with Gasteiger partial charge in [-0.25, -0.2) is 4.79 Å². The maximum absolute atomic E-state index is 12.1. The Bertz CT molecular complexity index is 475. The van der Waals surface area contributed by atoms with Crippen LogP contribution in [-0.2, 0) is 10.5 Å². The molecule has 2 rings (SSSR count). The van der Waals surface area contributed by atoms with E-state index in [-0.39, 0.29) is 12.1 Å². The van der Waals surface area contributed by atoms with Crippen LogP contribution in [0.3, 0.4) is 0 Å². The van der Waals surface area contributed by atoms with Gasteiger partial charge in [-0.05, 0) is 49.1 Å². The number of carbonyl (C=O) groups is 1. The van der Waals surface area contributed by atoms with E-state index in [0.717, 1.165) is 43.2 Å². The summed E-state index contributed by atoms with van der Waals surface area (Å²) in [7, 11) is 0. The normalized spacial score (nSPS) is 17.0. The number of hydrogen-bond donors (Lipinski definition) is 2. The van der Waals surface area contributed by atoms with Crippen molar-refractivity contribution in [1.29, 1.82) is 0 Å². The standard InChI is InChI=1S/C17H26N2O2S/c1-3-22-12-14-5-4-6-16(11-14)19-17(20)18-13(2)15-7-9-21-10-8-15/h4-6,11,13,15H,3,7-10,12H2,1-2H3,(H2,18,19,20)/t13-/m0/s1. The number of nitrogens with one attached hydrogen (secondary N) is 2. The molecule has 0 saturated carbocycles. The molecular formula is C17H26N2O2S. The van der Waals surface area contributed by atoms with Crippen molar-refractivity contribution in [1.82, 2.24) is 5.32 Å². The zero-order chi connectivity index (χ0) is 15.8. The molecule has 1 atom stereocenters. The zero-order valence-corrected chi connectivity index (χ0v) is 14.2. The molecule has 1 aliphatic rings. The van der Waals surface area contributed by atoms with Gasteiger partial charge in [-0.15, -0.1) is 0 Å². The molecule has 4 nitrogen and oxygen atoms in total. The van der Waals surface area contributed by atoms with Gasteiger partial charge in [0.25, 0.3) is 0 Å². The van der Waals surface area contributed by atoms with Gasteiger partial charge in [0, 0.05) is 30.7 Å². The summed E-state index contributed by atoms with van der Waals surface area (Å²) in [5, 5.41) is 5.99. The molecule has 0 aliphatic carbocycles. The number of hydrogen-bond acceptors (Lipinski definition) is 3. The van der Waals surface area contributed by atoms with Gasteiger partial charge in [0.2, 0.25) is 0 Å². The third kappa shape index (κ3) is 5.54. The number of carbonyl (C=O) groups excluding carboxylic acids is 1. The topological polar surface area (TPSA) is 50.4 Å². The minimum atomic E-state index is -0.126. The van der Waals surface area contributed by atoms with Gasteiger partial charge in [-0.3, -0.25) is 0 Å². The summed E-state index contributed by atoms with van der Waals surface area (Å²) < 4.78 is 5.37. The Balaban J connectivity index is 1.83. The molecule has 1 heterocycles. The molecule has 2 amide bonds. The quantitative estimate of drug-likeness (QED) is 0.836. The van der Waals surface area contributed by atoms with Crippen molar-refractivity contribution in [3.63, 3.8) is 0 Å². The van der Waals surface area contributed by atoms with Crippen LogP contribution in [0, 0.1) is 5.92 Å². The molecule has 122 valence electrons. The van der Waals surface area contributed by atoms with Crippen LogP contribution in [0.15, 0.2) is 24.3 Å². The fraction of sp³-hybridized carbons (Fsp3) is 0.588. The number of thioether (sulfide) groups is 1. The number of benzene rings is 1. The highest BCUT2D eigenvalue weighted by Gasteiger charge is 2.21. The predicted octanol–water partition coefficient (Wildman–Crippen LogP) is 3.88. The number of amides is 2. The van der Waals surface area contributed by atoms with Crippen molar-refractivity contribution >= 4 is 23.5 Å². The smallest absolute Gasteiger partial charge is 0.319 e. The maximum atomic E-state index is 12.1. The van der Waals surface area contributed by atoms with Gasteiger partial charge in [0.05, 0.1) is 0 Å². The van der Waals surface area contributed by atoms with Gasteiger partial charge in [-0.2, -0.15) is 11.8 Å². The molecule has 2 N–H and O–H groups in total. The van der Waals surface area contributed by atoms with Crippen molar-refractivity contribution in [2.75, 3.05) is 24.3 Å². The van der Waals surface area contributed by atoms with E-state index >= 15 is 0 Å². The van der Waals surface area contributed by atoms with Crippen LogP contribution in [0.4, 0.5) is 10.5 Å². The summed E-state index contributed by atoms with van der Waals surface area (Å²) in [6, 6.07) is 8.10. The second kappa shape index (κ2) is 9.06. The minimum absolute atomic E-state index is 0.126. The van der Waals surface area contributed by atoms with Gasteiger partial charge >= 0.3 is 6.03 Å². The second-order valence-corrected chi connectivity index (χ2v) is 6.95. The Morgan fingerprint density at radius 3 is 2.91 bits per heavy atom. The highest BCUT2D eigenvalue weighted by Crippen LogP contribution is 2.19. The van der Waals surface area contributed by atoms with E-state index < -0.39 is 0 Å². The van der Waals surface area contributed by atoms with Gasteiger partial charge < -0.3 is 15.4 Å². The highest BCUT2D eigenvalue weighted by molar-refractivity contribution is 7.98. The Morgan fingerprint density at radius 1 is 1.41 bits per heavy atom. The van der Waals surface area contributed by atoms with Gasteiger partial charge in [-0.1, -0.05) is 19.1 Å². The summed E-state index contributed by atoms with van der Waals surface area (Å²) in [5.41, 5.74) is 2.09. The first-order valence-electron chi connectivity index (χ1n) is 8.01. The monoisotopic (exact) mass is 322 g/mol. The summed E-state index contributed by atoms with van der Waals surface area (Å²) >= 11 is 1.88. The molecule has 1 saturated heterocycles. The molecule has 0 spiro atoms. The predicted molar refractivity (Wildman–Crippen MR) is 93.4 cm³/mol. The van der Waals surface area contributed by atoms with Crippen LogP contribution in [-0.4, -0.2) is 31.0 Å². The minimum Gasteiger partial charge on any atom is -0.381 e. The molecular weight excluding hydrogens is 296 g/mol. The lowest BCUT2D eigenvalue weighted by Crippen LogP contribution is -2.42. The van der Waals surface area contributed by atoms with Crippen LogP contribution in [0.25, 0.3) is 0 Å². The van der Waals surface area contributed by atoms with Crippen molar-refractivity contribution in [3.8, 4) is 0 Å². The average Bonchev–Trinajstić information content (AvgIpc) is 2.54. The highest BCUT2D eigenvalue weighted by atomic mass is 32.2. The summed E-state index contributed by atoms with van der Waals surface area (Å²) in [6.45, 7) is 5.83. The third-order valence-electron chi connectivity index (χ3n) is 3.99. The lowest BCUT2D eigenvalue weighted by atomic mass is 9.93. The van der Waals surface area contributed by atoms with Crippen LogP contribution in [0.2, 0.25) is 0 Å².